The maximum atomic E-state index is 5.40. The molecule has 0 aliphatic heterocycles. The van der Waals surface area contributed by atoms with Crippen molar-refractivity contribution in [2.24, 2.45) is 0 Å². The highest BCUT2D eigenvalue weighted by atomic mass is 16.5. The number of hydrogen-bond acceptors (Lipinski definition) is 3. The first-order chi connectivity index (χ1) is 6.83. The largest absolute Gasteiger partial charge is 0.380 e. The quantitative estimate of drug-likeness (QED) is 0.657. The number of hydrogen-bond donors (Lipinski definition) is 2. The van der Waals surface area contributed by atoms with Crippen molar-refractivity contribution in [3.8, 4) is 0 Å². The fourth-order valence-electron chi connectivity index (χ4n) is 1.09. The monoisotopic (exact) mass is 197 g/mol. The third-order valence-corrected chi connectivity index (χ3v) is 1.88. The van der Waals surface area contributed by atoms with Gasteiger partial charge in [-0.1, -0.05) is 13.3 Å². The van der Waals surface area contributed by atoms with E-state index in [4.69, 9.17) is 4.74 Å². The van der Waals surface area contributed by atoms with E-state index in [9.17, 15) is 0 Å². The van der Waals surface area contributed by atoms with Crippen LogP contribution in [-0.2, 0) is 4.74 Å². The van der Waals surface area contributed by atoms with Crippen LogP contribution < -0.4 is 5.32 Å². The van der Waals surface area contributed by atoms with Crippen LogP contribution >= 0.6 is 0 Å². The smallest absolute Gasteiger partial charge is 0.200 e. The van der Waals surface area contributed by atoms with Crippen LogP contribution in [0.25, 0.3) is 0 Å². The van der Waals surface area contributed by atoms with Crippen LogP contribution in [0.3, 0.4) is 0 Å². The molecule has 0 aliphatic carbocycles. The zero-order chi connectivity index (χ0) is 10.2. The van der Waals surface area contributed by atoms with E-state index in [-0.39, 0.29) is 0 Å². The van der Waals surface area contributed by atoms with Crippen molar-refractivity contribution in [2.45, 2.75) is 26.7 Å². The summed E-state index contributed by atoms with van der Waals surface area (Å²) >= 11 is 0. The Morgan fingerprint density at radius 2 is 2.36 bits per heavy atom. The molecule has 1 aromatic rings. The van der Waals surface area contributed by atoms with Crippen LogP contribution in [0, 0.1) is 6.92 Å². The van der Waals surface area contributed by atoms with Crippen LogP contribution in [0.1, 0.15) is 25.5 Å². The number of aromatic amines is 1. The first kappa shape index (κ1) is 11.0. The Morgan fingerprint density at radius 3 is 3.00 bits per heavy atom. The molecule has 0 aromatic carbocycles. The van der Waals surface area contributed by atoms with Crippen molar-refractivity contribution in [1.29, 1.82) is 0 Å². The van der Waals surface area contributed by atoms with Gasteiger partial charge in [-0.15, -0.1) is 0 Å². The van der Waals surface area contributed by atoms with Gasteiger partial charge in [-0.05, 0) is 13.3 Å². The Hall–Kier alpha value is -1.03. The predicted molar refractivity (Wildman–Crippen MR) is 57.5 cm³/mol. The van der Waals surface area contributed by atoms with Crippen LogP contribution in [0.5, 0.6) is 0 Å². The number of H-pyrrole nitrogens is 1. The van der Waals surface area contributed by atoms with Gasteiger partial charge in [0, 0.05) is 25.0 Å². The van der Waals surface area contributed by atoms with Crippen molar-refractivity contribution < 1.29 is 4.74 Å². The highest BCUT2D eigenvalue weighted by Crippen LogP contribution is 1.99. The van der Waals surface area contributed by atoms with Crippen LogP contribution in [0.2, 0.25) is 0 Å². The molecule has 1 rings (SSSR count). The van der Waals surface area contributed by atoms with Gasteiger partial charge in [0.25, 0.3) is 0 Å². The van der Waals surface area contributed by atoms with Gasteiger partial charge in [-0.3, -0.25) is 0 Å². The van der Waals surface area contributed by atoms with E-state index in [0.717, 1.165) is 37.8 Å². The van der Waals surface area contributed by atoms with E-state index < -0.39 is 0 Å². The van der Waals surface area contributed by atoms with E-state index in [2.05, 4.69) is 22.2 Å². The van der Waals surface area contributed by atoms with E-state index in [1.54, 1.807) is 6.20 Å². The van der Waals surface area contributed by atoms with Crippen molar-refractivity contribution >= 4 is 5.95 Å². The molecule has 0 radical (unpaired) electrons. The van der Waals surface area contributed by atoms with Crippen molar-refractivity contribution in [2.75, 3.05) is 25.1 Å². The molecule has 1 aromatic heterocycles. The molecule has 0 amide bonds. The predicted octanol–water partition coefficient (Wildman–Crippen LogP) is 1.95. The maximum Gasteiger partial charge on any atom is 0.200 e. The van der Waals surface area contributed by atoms with Gasteiger partial charge in [-0.2, -0.15) is 0 Å². The average Bonchev–Trinajstić information content (AvgIpc) is 2.58. The first-order valence-corrected chi connectivity index (χ1v) is 5.16. The zero-order valence-corrected chi connectivity index (χ0v) is 8.97. The number of unbranched alkanes of at least 4 members (excludes halogenated alkanes) is 1. The molecule has 1 heterocycles. The molecule has 0 fully saturated rings. The van der Waals surface area contributed by atoms with Gasteiger partial charge < -0.3 is 15.0 Å². The lowest BCUT2D eigenvalue weighted by Crippen LogP contribution is -2.10. The normalized spacial score (nSPS) is 10.4. The summed E-state index contributed by atoms with van der Waals surface area (Å²) in [6.45, 7) is 6.54. The second kappa shape index (κ2) is 6.43. The Balaban J connectivity index is 1.99. The van der Waals surface area contributed by atoms with E-state index in [1.807, 2.05) is 6.92 Å². The topological polar surface area (TPSA) is 49.9 Å². The van der Waals surface area contributed by atoms with Gasteiger partial charge in [0.15, 0.2) is 5.95 Å². The van der Waals surface area contributed by atoms with E-state index in [1.165, 1.54) is 6.42 Å². The SMILES string of the molecule is CCCCOCCNc1ncc(C)[nH]1. The average molecular weight is 197 g/mol. The molecule has 0 spiro atoms. The molecule has 14 heavy (non-hydrogen) atoms. The molecule has 80 valence electrons. The van der Waals surface area contributed by atoms with Gasteiger partial charge in [-0.25, -0.2) is 4.98 Å². The second-order valence-corrected chi connectivity index (χ2v) is 3.31. The minimum Gasteiger partial charge on any atom is -0.380 e. The van der Waals surface area contributed by atoms with Crippen molar-refractivity contribution in [1.82, 2.24) is 9.97 Å². The molecule has 0 aliphatic rings. The number of aromatic nitrogens is 2. The summed E-state index contributed by atoms with van der Waals surface area (Å²) in [6, 6.07) is 0. The molecule has 0 bridgehead atoms. The van der Waals surface area contributed by atoms with Gasteiger partial charge in [0.1, 0.15) is 0 Å². The molecule has 0 saturated carbocycles. The fourth-order valence-corrected chi connectivity index (χ4v) is 1.09. The fraction of sp³-hybridized carbons (Fsp3) is 0.700. The number of nitrogens with one attached hydrogen (secondary N) is 2. The maximum absolute atomic E-state index is 5.40. The molecule has 2 N–H and O–H groups in total. The second-order valence-electron chi connectivity index (χ2n) is 3.31. The van der Waals surface area contributed by atoms with E-state index >= 15 is 0 Å². The number of ether oxygens (including phenoxy) is 1. The number of anilines is 1. The molecule has 0 atom stereocenters. The Bertz CT molecular complexity index is 247. The Morgan fingerprint density at radius 1 is 1.50 bits per heavy atom. The summed E-state index contributed by atoms with van der Waals surface area (Å²) in [7, 11) is 0. The molecule has 0 unspecified atom stereocenters. The zero-order valence-electron chi connectivity index (χ0n) is 8.97. The number of nitrogens with zero attached hydrogens (tertiary/aromatic N) is 1. The summed E-state index contributed by atoms with van der Waals surface area (Å²) in [5.41, 5.74) is 1.07. The standard InChI is InChI=1S/C10H19N3O/c1-3-4-6-14-7-5-11-10-12-8-9(2)13-10/h8H,3-7H2,1-2H3,(H2,11,12,13). The summed E-state index contributed by atoms with van der Waals surface area (Å²) in [6.07, 6.45) is 4.13. The summed E-state index contributed by atoms with van der Waals surface area (Å²) in [5, 5.41) is 3.15. The molecule has 0 saturated heterocycles. The molecule has 4 nitrogen and oxygen atoms in total. The van der Waals surface area contributed by atoms with E-state index in [0.29, 0.717) is 0 Å². The first-order valence-electron chi connectivity index (χ1n) is 5.16. The third-order valence-electron chi connectivity index (χ3n) is 1.88. The summed E-state index contributed by atoms with van der Waals surface area (Å²) in [4.78, 5) is 7.23. The summed E-state index contributed by atoms with van der Waals surface area (Å²) < 4.78 is 5.40. The molecule has 4 heteroatoms. The van der Waals surface area contributed by atoms with Crippen LogP contribution in [0.4, 0.5) is 5.95 Å². The minimum absolute atomic E-state index is 0.736. The summed E-state index contributed by atoms with van der Waals surface area (Å²) in [5.74, 6) is 0.821. The minimum atomic E-state index is 0.736. The van der Waals surface area contributed by atoms with Crippen LogP contribution in [0.15, 0.2) is 6.20 Å². The third kappa shape index (κ3) is 4.28. The number of rotatable bonds is 7. The number of imidazole rings is 1. The lowest BCUT2D eigenvalue weighted by Gasteiger charge is -2.03. The highest BCUT2D eigenvalue weighted by Gasteiger charge is 1.94. The highest BCUT2D eigenvalue weighted by molar-refractivity contribution is 5.25. The Labute approximate surface area is 85.1 Å². The van der Waals surface area contributed by atoms with Gasteiger partial charge in [0.05, 0.1) is 6.61 Å². The number of aryl methyl sites for hydroxylation is 1. The molecular formula is C10H19N3O. The van der Waals surface area contributed by atoms with Gasteiger partial charge >= 0.3 is 0 Å². The lowest BCUT2D eigenvalue weighted by molar-refractivity contribution is 0.141. The lowest BCUT2D eigenvalue weighted by atomic mass is 10.4. The van der Waals surface area contributed by atoms with Crippen LogP contribution in [-0.4, -0.2) is 29.7 Å². The van der Waals surface area contributed by atoms with Crippen molar-refractivity contribution in [3.05, 3.63) is 11.9 Å². The molecular weight excluding hydrogens is 178 g/mol. The van der Waals surface area contributed by atoms with Crippen molar-refractivity contribution in [3.63, 3.8) is 0 Å². The van der Waals surface area contributed by atoms with Gasteiger partial charge in [0.2, 0.25) is 0 Å². The Kier molecular flexibility index (Phi) is 5.07.